The third kappa shape index (κ3) is 28.4. The number of benzene rings is 2. The molecular formula is C66H92F2IN13O13. The predicted molar refractivity (Wildman–Crippen MR) is 357 cm³/mol. The number of nitrogens with one attached hydrogen (secondary N) is 4. The van der Waals surface area contributed by atoms with Crippen molar-refractivity contribution in [3.05, 3.63) is 81.2 Å². The number of aliphatic carboxylic acids is 3. The van der Waals surface area contributed by atoms with Gasteiger partial charge < -0.3 is 51.1 Å². The van der Waals surface area contributed by atoms with Crippen molar-refractivity contribution in [2.75, 3.05) is 138 Å². The molecule has 0 aliphatic carbocycles. The first kappa shape index (κ1) is 76.5. The van der Waals surface area contributed by atoms with Gasteiger partial charge in [-0.1, -0.05) is 31.1 Å². The van der Waals surface area contributed by atoms with Crippen LogP contribution in [0, 0.1) is 14.9 Å². The molecule has 6 amide bonds. The quantitative estimate of drug-likeness (QED) is 0.0325. The lowest BCUT2D eigenvalue weighted by molar-refractivity contribution is -0.140. The van der Waals surface area contributed by atoms with Gasteiger partial charge in [-0.2, -0.15) is 5.26 Å². The van der Waals surface area contributed by atoms with Crippen LogP contribution < -0.4 is 26.0 Å². The highest BCUT2D eigenvalue weighted by Gasteiger charge is 2.47. The van der Waals surface area contributed by atoms with Crippen molar-refractivity contribution >= 4 is 86.8 Å². The SMILES string of the molecule is C/C(=C\CCCCC(NC(=O)CN1CCN(CC(=O)O)CCN(CC(=O)O)CCN(CC(=O)O)CC1)C(=O)NCCCCCC(=O)N1CCN(CCCCOc2ccc3nccc(C(=O)NCC(=O)N4CC(F)(F)C[C@@H]4C#N)c3c2)CC1)NC(=O)CCCc1ccc(I)cc1. The number of amides is 6. The number of allylic oxidation sites excluding steroid dienone is 2. The molecule has 2 atom stereocenters. The van der Waals surface area contributed by atoms with Gasteiger partial charge >= 0.3 is 17.9 Å². The number of rotatable bonds is 35. The van der Waals surface area contributed by atoms with Crippen LogP contribution in [0.2, 0.25) is 0 Å². The molecule has 95 heavy (non-hydrogen) atoms. The van der Waals surface area contributed by atoms with Crippen LogP contribution in [0.15, 0.2) is 66.5 Å². The smallest absolute Gasteiger partial charge is 0.317 e. The number of piperazine rings is 1. The summed E-state index contributed by atoms with van der Waals surface area (Å²) in [7, 11) is 0. The van der Waals surface area contributed by atoms with E-state index in [1.54, 1.807) is 43.9 Å². The molecule has 520 valence electrons. The van der Waals surface area contributed by atoms with Gasteiger partial charge in [0.05, 0.1) is 63.0 Å². The molecule has 2 aromatic carbocycles. The lowest BCUT2D eigenvalue weighted by Gasteiger charge is -2.34. The minimum absolute atomic E-state index is 0.0673. The van der Waals surface area contributed by atoms with E-state index >= 15 is 0 Å². The number of likely N-dealkylation sites (tertiary alicyclic amines) is 1. The van der Waals surface area contributed by atoms with Gasteiger partial charge in [0, 0.05) is 125 Å². The largest absolute Gasteiger partial charge is 0.494 e. The Morgan fingerprint density at radius 1 is 0.705 bits per heavy atom. The zero-order valence-electron chi connectivity index (χ0n) is 54.3. The van der Waals surface area contributed by atoms with Crippen molar-refractivity contribution in [2.45, 2.75) is 115 Å². The molecule has 29 heteroatoms. The van der Waals surface area contributed by atoms with E-state index in [0.29, 0.717) is 107 Å². The van der Waals surface area contributed by atoms with Gasteiger partial charge in [-0.05, 0) is 136 Å². The van der Waals surface area contributed by atoms with E-state index in [4.69, 9.17) is 4.74 Å². The number of aromatic nitrogens is 1. The number of hydrogen-bond donors (Lipinski definition) is 7. The molecule has 3 saturated heterocycles. The van der Waals surface area contributed by atoms with Crippen molar-refractivity contribution in [2.24, 2.45) is 0 Å². The molecule has 0 spiro atoms. The van der Waals surface area contributed by atoms with Crippen molar-refractivity contribution in [1.82, 2.24) is 60.6 Å². The lowest BCUT2D eigenvalue weighted by Crippen LogP contribution is -2.52. The second-order valence-electron chi connectivity index (χ2n) is 24.4. The Hall–Kier alpha value is -7.50. The standard InChI is InChI=1S/C66H92F2IN13O13/c1-48(74-57(83)14-10-12-49-16-18-50(69)19-17-49)11-4-2-5-13-56(75-58(84)43-77-26-28-78(44-61(87)88)30-32-80(46-63(91)92)33-31-79(29-27-77)45-62(89)90)65(94)72-23-7-3-6-15-59(85)81-36-34-76(35-37-81)25-8-9-38-95-52-20-21-55-54(39-52)53(22-24-71-55)64(93)73-42-60(86)82-47-66(67,68)40-51(82)41-70/h11,16-22,24,39,51,56H,2-10,12-15,23,25-38,40,42-47H2,1H3,(H,72,94)(H,73,93)(H,74,83)(H,75,84)(H,87,88)(H,89,90)(H,91,92)/b48-11+/t51-,56?/m1/s1. The Bertz CT molecular complexity index is 3100. The molecule has 3 aliphatic rings. The van der Waals surface area contributed by atoms with Crippen LogP contribution in [0.25, 0.3) is 10.9 Å². The molecule has 1 unspecified atom stereocenters. The summed E-state index contributed by atoms with van der Waals surface area (Å²) in [6, 6.07) is 14.4. The van der Waals surface area contributed by atoms with Crippen molar-refractivity contribution in [3.63, 3.8) is 0 Å². The van der Waals surface area contributed by atoms with Crippen molar-refractivity contribution in [1.29, 1.82) is 5.26 Å². The van der Waals surface area contributed by atoms with Crippen LogP contribution in [0.1, 0.15) is 106 Å². The van der Waals surface area contributed by atoms with Crippen LogP contribution in [0.3, 0.4) is 0 Å². The van der Waals surface area contributed by atoms with Crippen LogP contribution >= 0.6 is 22.6 Å². The maximum Gasteiger partial charge on any atom is 0.317 e. The van der Waals surface area contributed by atoms with E-state index in [-0.39, 0.29) is 102 Å². The minimum Gasteiger partial charge on any atom is -0.494 e. The number of unbranched alkanes of at least 4 members (excludes halogenated alkanes) is 5. The number of ether oxygens (including phenoxy) is 1. The van der Waals surface area contributed by atoms with E-state index < -0.39 is 73.1 Å². The number of fused-ring (bicyclic) bond motifs is 1. The predicted octanol–water partition coefficient (Wildman–Crippen LogP) is 3.87. The number of pyridine rings is 1. The summed E-state index contributed by atoms with van der Waals surface area (Å²) in [5.74, 6) is -8.07. The molecule has 0 saturated carbocycles. The van der Waals surface area contributed by atoms with Gasteiger partial charge in [-0.15, -0.1) is 0 Å². The van der Waals surface area contributed by atoms with Crippen molar-refractivity contribution < 1.29 is 72.0 Å². The number of aryl methyl sites for hydroxylation is 1. The number of nitriles is 1. The summed E-state index contributed by atoms with van der Waals surface area (Å²) in [6.45, 7) is 5.28. The van der Waals surface area contributed by atoms with Crippen LogP contribution in [-0.4, -0.2) is 263 Å². The Labute approximate surface area is 567 Å². The molecule has 26 nitrogen and oxygen atoms in total. The molecule has 3 aliphatic heterocycles. The highest BCUT2D eigenvalue weighted by molar-refractivity contribution is 14.1. The average Bonchev–Trinajstić information content (AvgIpc) is 1.72. The summed E-state index contributed by atoms with van der Waals surface area (Å²) in [6.07, 6.45) is 10.5. The molecule has 7 N–H and O–H groups in total. The van der Waals surface area contributed by atoms with Gasteiger partial charge in [-0.25, -0.2) is 8.78 Å². The number of carboxylic acids is 3. The molecule has 1 aromatic heterocycles. The third-order valence-corrected chi connectivity index (χ3v) is 17.6. The number of halogens is 3. The van der Waals surface area contributed by atoms with E-state index in [1.165, 1.54) is 17.8 Å². The van der Waals surface area contributed by atoms with E-state index in [1.807, 2.05) is 30.0 Å². The second-order valence-corrected chi connectivity index (χ2v) is 25.7. The molecule has 3 aromatic rings. The summed E-state index contributed by atoms with van der Waals surface area (Å²) in [4.78, 5) is 131. The number of carbonyl (C=O) groups is 9. The minimum atomic E-state index is -3.17. The maximum atomic E-state index is 13.9. The lowest BCUT2D eigenvalue weighted by atomic mass is 10.1. The van der Waals surface area contributed by atoms with Crippen molar-refractivity contribution in [3.8, 4) is 11.8 Å². The van der Waals surface area contributed by atoms with E-state index in [2.05, 4.69) is 65.9 Å². The highest BCUT2D eigenvalue weighted by atomic mass is 127. The van der Waals surface area contributed by atoms with Crippen LogP contribution in [0.5, 0.6) is 5.75 Å². The molecular weight excluding hydrogens is 1350 g/mol. The summed E-state index contributed by atoms with van der Waals surface area (Å²) in [5, 5.41) is 50.0. The van der Waals surface area contributed by atoms with Gasteiger partial charge in [0.25, 0.3) is 11.8 Å². The van der Waals surface area contributed by atoms with Crippen LogP contribution in [-0.2, 0) is 44.8 Å². The van der Waals surface area contributed by atoms with E-state index in [9.17, 15) is 72.5 Å². The van der Waals surface area contributed by atoms with Gasteiger partial charge in [0.2, 0.25) is 29.5 Å². The zero-order valence-corrected chi connectivity index (χ0v) is 56.4. The summed E-state index contributed by atoms with van der Waals surface area (Å²) < 4.78 is 35.0. The topological polar surface area (TPSA) is 331 Å². The molecule has 6 rings (SSSR count). The first-order valence-corrected chi connectivity index (χ1v) is 33.8. The monoisotopic (exact) mass is 1440 g/mol. The Morgan fingerprint density at radius 3 is 1.95 bits per heavy atom. The first-order valence-electron chi connectivity index (χ1n) is 32.7. The number of carbonyl (C=O) groups excluding carboxylic acids is 6. The third-order valence-electron chi connectivity index (χ3n) is 16.9. The number of nitrogens with zero attached hydrogens (tertiary/aromatic N) is 9. The van der Waals surface area contributed by atoms with E-state index in [0.717, 1.165) is 53.1 Å². The van der Waals surface area contributed by atoms with Gasteiger partial charge in [0.1, 0.15) is 17.8 Å². The maximum absolute atomic E-state index is 13.9. The normalized spacial score (nSPS) is 17.6. The average molecular weight is 1440 g/mol. The number of alkyl halides is 2. The summed E-state index contributed by atoms with van der Waals surface area (Å²) in [5.41, 5.74) is 2.63. The second kappa shape index (κ2) is 40.1. The fraction of sp³-hybridized carbons (Fsp3) is 0.591. The molecule has 3 fully saturated rings. The fourth-order valence-corrected chi connectivity index (χ4v) is 12.0. The Morgan fingerprint density at radius 2 is 1.33 bits per heavy atom. The highest BCUT2D eigenvalue weighted by Crippen LogP contribution is 2.32. The van der Waals surface area contributed by atoms with Gasteiger partial charge in [0.15, 0.2) is 0 Å². The molecule has 0 radical (unpaired) electrons. The summed E-state index contributed by atoms with van der Waals surface area (Å²) >= 11 is 2.26. The molecule has 4 heterocycles. The first-order chi connectivity index (χ1) is 45.5. The zero-order chi connectivity index (χ0) is 68.7. The number of carboxylic acid groups (broad SMARTS) is 3. The fourth-order valence-electron chi connectivity index (χ4n) is 11.6. The molecule has 0 bridgehead atoms. The Balaban J connectivity index is 0.920. The van der Waals surface area contributed by atoms with Crippen LogP contribution in [0.4, 0.5) is 8.78 Å². The number of hydrogen-bond acceptors (Lipinski definition) is 17. The van der Waals surface area contributed by atoms with Gasteiger partial charge in [-0.3, -0.25) is 72.6 Å². The Kier molecular flexibility index (Phi) is 32.3.